The van der Waals surface area contributed by atoms with E-state index < -0.39 is 11.9 Å². The second-order valence-electron chi connectivity index (χ2n) is 11.3. The van der Waals surface area contributed by atoms with Crippen molar-refractivity contribution in [2.45, 2.75) is 72.1 Å². The van der Waals surface area contributed by atoms with Crippen LogP contribution in [-0.2, 0) is 14.3 Å². The molecule has 4 aromatic rings. The number of carbonyl (C=O) groups excluding carboxylic acids is 4. The Morgan fingerprint density at radius 3 is 1.56 bits per heavy atom. The molecule has 0 aliphatic heterocycles. The Balaban J connectivity index is 0.000000321. The Morgan fingerprint density at radius 2 is 1.08 bits per heavy atom. The lowest BCUT2D eigenvalue weighted by Gasteiger charge is -2.02. The molecule has 0 radical (unpaired) electrons. The zero-order valence-corrected chi connectivity index (χ0v) is 29.1. The van der Waals surface area contributed by atoms with Gasteiger partial charge in [-0.2, -0.15) is 0 Å². The van der Waals surface area contributed by atoms with Gasteiger partial charge in [-0.1, -0.05) is 126 Å². The summed E-state index contributed by atoms with van der Waals surface area (Å²) in [6.45, 7) is 5.84. The highest BCUT2D eigenvalue weighted by Crippen LogP contribution is 2.18. The highest BCUT2D eigenvalue weighted by Gasteiger charge is 2.08. The van der Waals surface area contributed by atoms with Crippen LogP contribution in [0.1, 0.15) is 103 Å². The number of rotatable bonds is 12. The summed E-state index contributed by atoms with van der Waals surface area (Å²) in [6, 6.07) is 27.3. The molecule has 8 nitrogen and oxygen atoms in total. The molecule has 0 saturated heterocycles. The van der Waals surface area contributed by atoms with Crippen LogP contribution in [0.4, 0.5) is 11.4 Å². The van der Waals surface area contributed by atoms with Gasteiger partial charge in [0.2, 0.25) is 0 Å². The number of hydrogen-bond acceptors (Lipinski definition) is 8. The minimum absolute atomic E-state index is 0.122. The third kappa shape index (κ3) is 15.5. The molecule has 8 heteroatoms. The highest BCUT2D eigenvalue weighted by molar-refractivity contribution is 6.06. The summed E-state index contributed by atoms with van der Waals surface area (Å²) in [7, 11) is 2.66. The van der Waals surface area contributed by atoms with Gasteiger partial charge in [0.1, 0.15) is 6.29 Å². The number of benzene rings is 4. The molecule has 0 heterocycles. The zero-order chi connectivity index (χ0) is 35.7. The number of methoxy groups -OCH3 is 2. The second-order valence-corrected chi connectivity index (χ2v) is 11.3. The molecule has 0 aliphatic carbocycles. The summed E-state index contributed by atoms with van der Waals surface area (Å²) >= 11 is 0. The van der Waals surface area contributed by atoms with Crippen molar-refractivity contribution in [3.05, 3.63) is 108 Å². The van der Waals surface area contributed by atoms with Crippen LogP contribution in [0.15, 0.2) is 91.0 Å². The first-order valence-electron chi connectivity index (χ1n) is 16.4. The minimum atomic E-state index is -0.400. The largest absolute Gasteiger partial charge is 0.465 e. The number of Topliss-reactive ketones (excluding diaryl/α,β-unsaturated/α-hetero) is 1. The van der Waals surface area contributed by atoms with Crippen molar-refractivity contribution in [3.63, 3.8) is 0 Å². The van der Waals surface area contributed by atoms with Crippen molar-refractivity contribution in [2.24, 2.45) is 5.92 Å². The monoisotopic (exact) mass is 656 g/mol. The summed E-state index contributed by atoms with van der Waals surface area (Å²) in [5.74, 6) is -0.404. The van der Waals surface area contributed by atoms with Crippen molar-refractivity contribution in [1.82, 2.24) is 0 Å². The molecule has 0 aliphatic rings. The molecule has 1 unspecified atom stereocenters. The summed E-state index contributed by atoms with van der Waals surface area (Å²) < 4.78 is 9.00. The number of anilines is 2. The van der Waals surface area contributed by atoms with Crippen molar-refractivity contribution in [3.8, 4) is 0 Å². The van der Waals surface area contributed by atoms with Crippen LogP contribution >= 0.6 is 0 Å². The quantitative estimate of drug-likeness (QED) is 0.0506. The number of nitrogens with two attached hydrogens (primary N) is 2. The lowest BCUT2D eigenvalue weighted by atomic mass is 10.0. The first-order valence-corrected chi connectivity index (χ1v) is 16.4. The average Bonchev–Trinajstić information content (AvgIpc) is 3.11. The van der Waals surface area contributed by atoms with Crippen LogP contribution in [-0.4, -0.2) is 38.2 Å². The fourth-order valence-electron chi connectivity index (χ4n) is 4.61. The molecule has 0 fully saturated rings. The molecular weight excluding hydrogens is 604 g/mol. The first kappa shape index (κ1) is 41.0. The molecular formula is C40H52N2O6. The molecule has 0 aromatic heterocycles. The van der Waals surface area contributed by atoms with Crippen molar-refractivity contribution in [2.75, 3.05) is 25.7 Å². The fourth-order valence-corrected chi connectivity index (χ4v) is 4.61. The number of nitrogen functional groups attached to an aromatic ring is 2. The van der Waals surface area contributed by atoms with Gasteiger partial charge < -0.3 is 25.7 Å². The summed E-state index contributed by atoms with van der Waals surface area (Å²) in [4.78, 5) is 43.4. The summed E-state index contributed by atoms with van der Waals surface area (Å²) in [5.41, 5.74) is 13.5. The number of unbranched alkanes of at least 4 members (excludes halogenated alkanes) is 6. The predicted octanol–water partition coefficient (Wildman–Crippen LogP) is 9.12. The third-order valence-corrected chi connectivity index (χ3v) is 7.40. The van der Waals surface area contributed by atoms with E-state index in [0.29, 0.717) is 22.5 Å². The van der Waals surface area contributed by atoms with Gasteiger partial charge in [-0.05, 0) is 48.4 Å². The van der Waals surface area contributed by atoms with E-state index in [2.05, 4.69) is 16.4 Å². The normalized spacial score (nSPS) is 10.4. The van der Waals surface area contributed by atoms with E-state index in [1.807, 2.05) is 49.4 Å². The van der Waals surface area contributed by atoms with Gasteiger partial charge in [0, 0.05) is 22.9 Å². The third-order valence-electron chi connectivity index (χ3n) is 7.40. The van der Waals surface area contributed by atoms with E-state index >= 15 is 0 Å². The number of aldehydes is 1. The molecule has 1 atom stereocenters. The van der Waals surface area contributed by atoms with Gasteiger partial charge in [-0.3, -0.25) is 4.79 Å². The number of ketones is 1. The number of ether oxygens (including phenoxy) is 2. The maximum atomic E-state index is 11.3. The average molecular weight is 657 g/mol. The van der Waals surface area contributed by atoms with Gasteiger partial charge in [0.05, 0.1) is 25.3 Å². The Morgan fingerprint density at radius 1 is 0.646 bits per heavy atom. The van der Waals surface area contributed by atoms with Crippen LogP contribution in [0.2, 0.25) is 0 Å². The van der Waals surface area contributed by atoms with Crippen LogP contribution in [0.3, 0.4) is 0 Å². The molecule has 4 rings (SSSR count). The molecule has 0 spiro atoms. The zero-order valence-electron chi connectivity index (χ0n) is 29.1. The Hall–Kier alpha value is -4.98. The lowest BCUT2D eigenvalue weighted by molar-refractivity contribution is -0.110. The highest BCUT2D eigenvalue weighted by atomic mass is 16.5. The van der Waals surface area contributed by atoms with Crippen LogP contribution in [0, 0.1) is 5.92 Å². The first-order chi connectivity index (χ1) is 23.1. The van der Waals surface area contributed by atoms with E-state index in [1.54, 1.807) is 55.5 Å². The maximum Gasteiger partial charge on any atom is 0.339 e. The van der Waals surface area contributed by atoms with E-state index in [-0.39, 0.29) is 11.7 Å². The van der Waals surface area contributed by atoms with E-state index in [1.165, 1.54) is 59.2 Å². The van der Waals surface area contributed by atoms with Crippen LogP contribution in [0.5, 0.6) is 0 Å². The van der Waals surface area contributed by atoms with Gasteiger partial charge in [-0.15, -0.1) is 0 Å². The molecule has 4 aromatic carbocycles. The van der Waals surface area contributed by atoms with Gasteiger partial charge in [-0.25, -0.2) is 9.59 Å². The Labute approximate surface area is 285 Å². The van der Waals surface area contributed by atoms with Gasteiger partial charge in [0.15, 0.2) is 5.78 Å². The standard InChI is InChI=1S/C12H10O.C12H24O.2C8H9NO2/c1-9(13)11-8-4-6-10-5-2-3-7-12(10)11;1-3-4-5-6-7-8-9-10-12(2)11-13;2*1-11-8(10)6-4-2-3-5-7(6)9/h2-8H,1H3;11-12H,3-10H2,1-2H3;2*2-5H,9H2,1H3. The van der Waals surface area contributed by atoms with Gasteiger partial charge >= 0.3 is 11.9 Å². The van der Waals surface area contributed by atoms with Crippen LogP contribution in [0.25, 0.3) is 10.8 Å². The van der Waals surface area contributed by atoms with E-state index in [9.17, 15) is 19.2 Å². The predicted molar refractivity (Wildman–Crippen MR) is 196 cm³/mol. The van der Waals surface area contributed by atoms with Crippen molar-refractivity contribution >= 4 is 46.2 Å². The molecule has 4 N–H and O–H groups in total. The summed E-state index contributed by atoms with van der Waals surface area (Å²) in [6.07, 6.45) is 11.5. The Bertz CT molecular complexity index is 1490. The maximum absolute atomic E-state index is 11.3. The number of esters is 2. The van der Waals surface area contributed by atoms with Gasteiger partial charge in [0.25, 0.3) is 0 Å². The number of para-hydroxylation sites is 2. The number of carbonyl (C=O) groups is 4. The van der Waals surface area contributed by atoms with Crippen molar-refractivity contribution < 1.29 is 28.7 Å². The molecule has 0 amide bonds. The topological polar surface area (TPSA) is 139 Å². The smallest absolute Gasteiger partial charge is 0.339 e. The summed E-state index contributed by atoms with van der Waals surface area (Å²) in [5, 5.41) is 2.16. The Kier molecular flexibility index (Phi) is 20.7. The van der Waals surface area contributed by atoms with Crippen molar-refractivity contribution in [1.29, 1.82) is 0 Å². The molecule has 0 saturated carbocycles. The fraction of sp³-hybridized carbons (Fsp3) is 0.350. The molecule has 258 valence electrons. The second kappa shape index (κ2) is 24.2. The number of fused-ring (bicyclic) bond motifs is 1. The van der Waals surface area contributed by atoms with E-state index in [4.69, 9.17) is 11.5 Å². The molecule has 0 bridgehead atoms. The van der Waals surface area contributed by atoms with E-state index in [0.717, 1.165) is 29.0 Å². The number of hydrogen-bond donors (Lipinski definition) is 2. The molecule has 48 heavy (non-hydrogen) atoms. The SMILES string of the molecule is CC(=O)c1cccc2ccccc12.CCCCCCCCCC(C)C=O.COC(=O)c1ccccc1N.COC(=O)c1ccccc1N. The van der Waals surface area contributed by atoms with Crippen LogP contribution < -0.4 is 11.5 Å². The lowest BCUT2D eigenvalue weighted by Crippen LogP contribution is -2.04. The minimum Gasteiger partial charge on any atom is -0.465 e.